The summed E-state index contributed by atoms with van der Waals surface area (Å²) in [5.74, 6) is 0.521. The zero-order valence-electron chi connectivity index (χ0n) is 21.9. The number of aliphatic hydroxyl groups is 1. The molecule has 2 aromatic carbocycles. The highest BCUT2D eigenvalue weighted by molar-refractivity contribution is 5.98. The largest absolute Gasteiger partial charge is 0.493 e. The molecule has 5 N–H and O–H groups in total. The third kappa shape index (κ3) is 6.89. The third-order valence-electron chi connectivity index (χ3n) is 6.06. The summed E-state index contributed by atoms with van der Waals surface area (Å²) in [6, 6.07) is 9.32. The van der Waals surface area contributed by atoms with Gasteiger partial charge in [-0.05, 0) is 36.1 Å². The molecule has 9 nitrogen and oxygen atoms in total. The molecule has 0 aliphatic carbocycles. The lowest BCUT2D eigenvalue weighted by molar-refractivity contribution is -0.124. The molecule has 0 fully saturated rings. The number of anilines is 2. The van der Waals surface area contributed by atoms with Crippen LogP contribution in [0, 0.1) is 5.92 Å². The highest BCUT2D eigenvalue weighted by Gasteiger charge is 2.17. The normalized spacial score (nSPS) is 11.0. The smallest absolute Gasteiger partial charge is 0.222 e. The number of aromatic nitrogens is 1. The van der Waals surface area contributed by atoms with Crippen LogP contribution in [0.2, 0.25) is 0 Å². The average molecular weight is 509 g/mol. The molecule has 0 saturated carbocycles. The van der Waals surface area contributed by atoms with Crippen LogP contribution in [0.5, 0.6) is 11.5 Å². The van der Waals surface area contributed by atoms with Gasteiger partial charge >= 0.3 is 0 Å². The number of carbonyl (C=O) groups excluding carboxylic acids is 2. The molecule has 0 aliphatic rings. The molecule has 9 heteroatoms. The van der Waals surface area contributed by atoms with Gasteiger partial charge in [0, 0.05) is 41.4 Å². The van der Waals surface area contributed by atoms with E-state index in [0.29, 0.717) is 54.3 Å². The highest BCUT2D eigenvalue weighted by atomic mass is 16.5. The first kappa shape index (κ1) is 27.7. The maximum atomic E-state index is 11.8. The summed E-state index contributed by atoms with van der Waals surface area (Å²) >= 11 is 0. The van der Waals surface area contributed by atoms with Gasteiger partial charge in [-0.25, -0.2) is 0 Å². The number of ether oxygens (including phenoxy) is 2. The predicted octanol–water partition coefficient (Wildman–Crippen LogP) is 3.61. The van der Waals surface area contributed by atoms with Crippen LogP contribution in [0.25, 0.3) is 10.9 Å². The SMILES string of the molecule is CCc1c(CO)cccc1Nc1c(CC(N)=O)cnc2cc(OCCCNC(=O)C(C)C)c(OC)cc12. The first-order valence-electron chi connectivity index (χ1n) is 12.5. The number of amides is 2. The molecule has 37 heavy (non-hydrogen) atoms. The number of nitrogens with zero attached hydrogens (tertiary/aromatic N) is 1. The van der Waals surface area contributed by atoms with E-state index in [2.05, 4.69) is 15.6 Å². The van der Waals surface area contributed by atoms with Crippen LogP contribution in [0.3, 0.4) is 0 Å². The highest BCUT2D eigenvalue weighted by Crippen LogP contribution is 2.38. The van der Waals surface area contributed by atoms with Crippen molar-refractivity contribution in [3.05, 3.63) is 53.2 Å². The minimum absolute atomic E-state index is 0.00901. The Morgan fingerprint density at radius 1 is 1.16 bits per heavy atom. The molecular weight excluding hydrogens is 472 g/mol. The number of rotatable bonds is 13. The molecule has 2 amide bonds. The average Bonchev–Trinajstić information content (AvgIpc) is 2.88. The lowest BCUT2D eigenvalue weighted by Gasteiger charge is -2.19. The fraction of sp³-hybridized carbons (Fsp3) is 0.393. The summed E-state index contributed by atoms with van der Waals surface area (Å²) in [6.45, 7) is 6.56. The number of nitrogens with two attached hydrogens (primary N) is 1. The van der Waals surface area contributed by atoms with Crippen LogP contribution in [0.4, 0.5) is 11.4 Å². The van der Waals surface area contributed by atoms with E-state index in [1.807, 2.05) is 45.0 Å². The maximum Gasteiger partial charge on any atom is 0.222 e. The van der Waals surface area contributed by atoms with Crippen molar-refractivity contribution in [3.8, 4) is 11.5 Å². The van der Waals surface area contributed by atoms with Crippen molar-refractivity contribution in [3.63, 3.8) is 0 Å². The van der Waals surface area contributed by atoms with E-state index in [1.165, 1.54) is 0 Å². The monoisotopic (exact) mass is 508 g/mol. The summed E-state index contributed by atoms with van der Waals surface area (Å²) < 4.78 is 11.6. The summed E-state index contributed by atoms with van der Waals surface area (Å²) in [6.07, 6.45) is 2.99. The van der Waals surface area contributed by atoms with Gasteiger partial charge in [-0.1, -0.05) is 32.9 Å². The van der Waals surface area contributed by atoms with Crippen molar-refractivity contribution in [2.75, 3.05) is 25.6 Å². The third-order valence-corrected chi connectivity index (χ3v) is 6.06. The van der Waals surface area contributed by atoms with Gasteiger partial charge < -0.3 is 30.9 Å². The van der Waals surface area contributed by atoms with Crippen LogP contribution < -0.4 is 25.8 Å². The molecule has 0 atom stereocenters. The minimum Gasteiger partial charge on any atom is -0.493 e. The second kappa shape index (κ2) is 12.9. The van der Waals surface area contributed by atoms with Crippen molar-refractivity contribution < 1.29 is 24.2 Å². The second-order valence-corrected chi connectivity index (χ2v) is 9.05. The lowest BCUT2D eigenvalue weighted by atomic mass is 10.0. The van der Waals surface area contributed by atoms with Crippen molar-refractivity contribution in [1.82, 2.24) is 10.3 Å². The van der Waals surface area contributed by atoms with Gasteiger partial charge in [-0.2, -0.15) is 0 Å². The maximum absolute atomic E-state index is 11.8. The Morgan fingerprint density at radius 2 is 1.95 bits per heavy atom. The Labute approximate surface area is 217 Å². The molecule has 0 unspecified atom stereocenters. The quantitative estimate of drug-likeness (QED) is 0.259. The van der Waals surface area contributed by atoms with Gasteiger partial charge in [-0.3, -0.25) is 14.6 Å². The van der Waals surface area contributed by atoms with Crippen molar-refractivity contribution in [2.45, 2.75) is 46.6 Å². The first-order chi connectivity index (χ1) is 17.8. The van der Waals surface area contributed by atoms with Gasteiger partial charge in [0.05, 0.1) is 37.9 Å². The first-order valence-corrected chi connectivity index (χ1v) is 12.5. The Bertz CT molecular complexity index is 1260. The van der Waals surface area contributed by atoms with Crippen LogP contribution >= 0.6 is 0 Å². The molecule has 0 aliphatic heterocycles. The second-order valence-electron chi connectivity index (χ2n) is 9.05. The fourth-order valence-corrected chi connectivity index (χ4v) is 4.11. The molecule has 0 saturated heterocycles. The molecule has 0 spiro atoms. The van der Waals surface area contributed by atoms with Crippen LogP contribution in [-0.2, 0) is 29.0 Å². The van der Waals surface area contributed by atoms with Gasteiger partial charge in [0.2, 0.25) is 11.8 Å². The minimum atomic E-state index is -0.472. The van der Waals surface area contributed by atoms with Gasteiger partial charge in [0.15, 0.2) is 11.5 Å². The number of primary amides is 1. The Hall–Kier alpha value is -3.85. The lowest BCUT2D eigenvalue weighted by Crippen LogP contribution is -2.29. The topological polar surface area (TPSA) is 136 Å². The number of methoxy groups -OCH3 is 1. The molecule has 0 bridgehead atoms. The van der Waals surface area contributed by atoms with Crippen molar-refractivity contribution in [2.24, 2.45) is 11.7 Å². The Kier molecular flexibility index (Phi) is 9.68. The standard InChI is InChI=1S/C28H36N4O5/c1-5-20-18(16-33)8-6-9-22(20)32-27-19(12-26(29)34)15-31-23-14-25(24(36-4)13-21(23)27)37-11-7-10-30-28(35)17(2)3/h6,8-9,13-15,17,33H,5,7,10-12,16H2,1-4H3,(H2,29,34)(H,30,35)(H,31,32). The number of hydrogen-bond donors (Lipinski definition) is 4. The zero-order chi connectivity index (χ0) is 26.9. The number of fused-ring (bicyclic) bond motifs is 1. The van der Waals surface area contributed by atoms with E-state index in [4.69, 9.17) is 15.2 Å². The Morgan fingerprint density at radius 3 is 2.59 bits per heavy atom. The van der Waals surface area contributed by atoms with Crippen molar-refractivity contribution >= 4 is 34.1 Å². The number of hydrogen-bond acceptors (Lipinski definition) is 7. The fourth-order valence-electron chi connectivity index (χ4n) is 4.11. The number of benzene rings is 2. The summed E-state index contributed by atoms with van der Waals surface area (Å²) in [4.78, 5) is 28.1. The van der Waals surface area contributed by atoms with E-state index in [0.717, 1.165) is 22.2 Å². The van der Waals surface area contributed by atoms with E-state index in [-0.39, 0.29) is 24.9 Å². The summed E-state index contributed by atoms with van der Waals surface area (Å²) in [5.41, 5.74) is 10.2. The summed E-state index contributed by atoms with van der Waals surface area (Å²) in [5, 5.41) is 16.9. The van der Waals surface area contributed by atoms with Gasteiger partial charge in [-0.15, -0.1) is 0 Å². The number of pyridine rings is 1. The van der Waals surface area contributed by atoms with Crippen molar-refractivity contribution in [1.29, 1.82) is 0 Å². The molecule has 1 heterocycles. The molecule has 1 aromatic heterocycles. The van der Waals surface area contributed by atoms with E-state index in [9.17, 15) is 14.7 Å². The number of nitrogens with one attached hydrogen (secondary N) is 2. The molecule has 198 valence electrons. The van der Waals surface area contributed by atoms with Crippen LogP contribution in [0.1, 0.15) is 43.9 Å². The Balaban J connectivity index is 1.95. The van der Waals surface area contributed by atoms with Crippen LogP contribution in [0.15, 0.2) is 36.5 Å². The number of carbonyl (C=O) groups is 2. The predicted molar refractivity (Wildman–Crippen MR) is 144 cm³/mol. The number of aliphatic hydroxyl groups excluding tert-OH is 1. The van der Waals surface area contributed by atoms with Gasteiger partial charge in [0.1, 0.15) is 0 Å². The molecule has 3 rings (SSSR count). The zero-order valence-corrected chi connectivity index (χ0v) is 21.9. The molecule has 0 radical (unpaired) electrons. The van der Waals surface area contributed by atoms with E-state index < -0.39 is 5.91 Å². The van der Waals surface area contributed by atoms with Gasteiger partial charge in [0.25, 0.3) is 0 Å². The van der Waals surface area contributed by atoms with E-state index >= 15 is 0 Å². The molecular formula is C28H36N4O5. The summed E-state index contributed by atoms with van der Waals surface area (Å²) in [7, 11) is 1.56. The van der Waals surface area contributed by atoms with E-state index in [1.54, 1.807) is 19.4 Å². The van der Waals surface area contributed by atoms with Crippen LogP contribution in [-0.4, -0.2) is 42.2 Å². The molecule has 3 aromatic rings.